The molecule has 2 rings (SSSR count). The van der Waals surface area contributed by atoms with E-state index in [1.807, 2.05) is 0 Å². The summed E-state index contributed by atoms with van der Waals surface area (Å²) < 4.78 is 15.1. The summed E-state index contributed by atoms with van der Waals surface area (Å²) >= 11 is 0. The summed E-state index contributed by atoms with van der Waals surface area (Å²) in [6, 6.07) is 6.87. The molecule has 2 aromatic rings. The predicted molar refractivity (Wildman–Crippen MR) is 67.9 cm³/mol. The molecule has 0 aliphatic heterocycles. The highest BCUT2D eigenvalue weighted by Gasteiger charge is 2.09. The van der Waals surface area contributed by atoms with Gasteiger partial charge in [-0.15, -0.1) is 0 Å². The Morgan fingerprint density at radius 3 is 2.63 bits per heavy atom. The van der Waals surface area contributed by atoms with Crippen molar-refractivity contribution in [2.24, 2.45) is 0 Å². The van der Waals surface area contributed by atoms with Crippen molar-refractivity contribution in [1.82, 2.24) is 4.57 Å². The van der Waals surface area contributed by atoms with Crippen molar-refractivity contribution in [3.63, 3.8) is 0 Å². The van der Waals surface area contributed by atoms with Gasteiger partial charge in [-0.25, -0.2) is 9.18 Å². The summed E-state index contributed by atoms with van der Waals surface area (Å²) in [5.41, 5.74) is 0.776. The normalized spacial score (nSPS) is 10.4. The van der Waals surface area contributed by atoms with Crippen molar-refractivity contribution in [3.8, 4) is 0 Å². The van der Waals surface area contributed by atoms with Gasteiger partial charge in [-0.2, -0.15) is 0 Å². The van der Waals surface area contributed by atoms with Crippen LogP contribution in [0.1, 0.15) is 21.5 Å². The van der Waals surface area contributed by atoms with Crippen LogP contribution in [0.4, 0.5) is 4.39 Å². The number of rotatable bonds is 3. The van der Waals surface area contributed by atoms with Gasteiger partial charge in [0.2, 0.25) is 0 Å². The molecule has 5 heteroatoms. The molecule has 0 aliphatic carbocycles. The molecule has 4 nitrogen and oxygen atoms in total. The average Bonchev–Trinajstić information content (AvgIpc) is 2.34. The Labute approximate surface area is 108 Å². The lowest BCUT2D eigenvalue weighted by Gasteiger charge is -2.07. The van der Waals surface area contributed by atoms with Crippen LogP contribution in [-0.4, -0.2) is 15.6 Å². The number of hydrogen-bond acceptors (Lipinski definition) is 2. The number of nitrogens with zero attached hydrogens (tertiary/aromatic N) is 1. The predicted octanol–water partition coefficient (Wildman–Crippen LogP) is 2.04. The van der Waals surface area contributed by atoms with Gasteiger partial charge in [0.15, 0.2) is 0 Å². The Balaban J connectivity index is 2.33. The summed E-state index contributed by atoms with van der Waals surface area (Å²) in [5.74, 6) is -1.81. The minimum atomic E-state index is -1.18. The number of carboxylic acids is 1. The molecule has 0 bridgehead atoms. The maximum atomic E-state index is 13.7. The summed E-state index contributed by atoms with van der Waals surface area (Å²) in [6.45, 7) is 1.87. The van der Waals surface area contributed by atoms with E-state index < -0.39 is 11.8 Å². The zero-order valence-electron chi connectivity index (χ0n) is 10.3. The maximum Gasteiger partial charge on any atom is 0.335 e. The highest BCUT2D eigenvalue weighted by Crippen LogP contribution is 2.11. The summed E-state index contributed by atoms with van der Waals surface area (Å²) in [5, 5.41) is 8.74. The van der Waals surface area contributed by atoms with E-state index in [2.05, 4.69) is 0 Å². The minimum absolute atomic E-state index is 0.0743. The second-order valence-electron chi connectivity index (χ2n) is 4.28. The van der Waals surface area contributed by atoms with Crippen LogP contribution in [0.15, 0.2) is 41.3 Å². The van der Waals surface area contributed by atoms with Crippen LogP contribution in [0, 0.1) is 12.7 Å². The molecule has 0 saturated heterocycles. The third-order valence-corrected chi connectivity index (χ3v) is 2.79. The summed E-state index contributed by atoms with van der Waals surface area (Å²) in [6.07, 6.45) is 1.59. The number of carbonyl (C=O) groups is 1. The van der Waals surface area contributed by atoms with Gasteiger partial charge in [-0.05, 0) is 30.7 Å². The molecule has 0 radical (unpaired) electrons. The fourth-order valence-electron chi connectivity index (χ4n) is 1.73. The van der Waals surface area contributed by atoms with Gasteiger partial charge < -0.3 is 9.67 Å². The zero-order chi connectivity index (χ0) is 14.0. The van der Waals surface area contributed by atoms with Crippen molar-refractivity contribution in [2.75, 3.05) is 0 Å². The Hall–Kier alpha value is -2.43. The van der Waals surface area contributed by atoms with E-state index in [4.69, 9.17) is 5.11 Å². The molecule has 98 valence electrons. The number of hydrogen-bond donors (Lipinski definition) is 1. The lowest BCUT2D eigenvalue weighted by atomic mass is 10.1. The molecule has 1 aromatic heterocycles. The van der Waals surface area contributed by atoms with Crippen molar-refractivity contribution in [3.05, 3.63) is 69.4 Å². The van der Waals surface area contributed by atoms with Crippen molar-refractivity contribution >= 4 is 5.97 Å². The van der Waals surface area contributed by atoms with Crippen molar-refractivity contribution < 1.29 is 14.3 Å². The Morgan fingerprint density at radius 2 is 2.05 bits per heavy atom. The first-order valence-corrected chi connectivity index (χ1v) is 5.66. The third-order valence-electron chi connectivity index (χ3n) is 2.79. The summed E-state index contributed by atoms with van der Waals surface area (Å²) in [7, 11) is 0. The van der Waals surface area contributed by atoms with Crippen LogP contribution < -0.4 is 5.56 Å². The molecule has 0 unspecified atom stereocenters. The molecular formula is C14H12FNO3. The first-order valence-electron chi connectivity index (χ1n) is 5.66. The second-order valence-corrected chi connectivity index (χ2v) is 4.28. The second kappa shape index (κ2) is 5.06. The van der Waals surface area contributed by atoms with Crippen LogP contribution in [0.2, 0.25) is 0 Å². The van der Waals surface area contributed by atoms with Crippen LogP contribution in [0.3, 0.4) is 0 Å². The highest BCUT2D eigenvalue weighted by atomic mass is 19.1. The molecule has 0 aliphatic rings. The van der Waals surface area contributed by atoms with E-state index in [9.17, 15) is 14.0 Å². The molecule has 0 fully saturated rings. The molecule has 0 amide bonds. The fraction of sp³-hybridized carbons (Fsp3) is 0.143. The Kier molecular flexibility index (Phi) is 3.46. The van der Waals surface area contributed by atoms with Crippen molar-refractivity contribution in [1.29, 1.82) is 0 Å². The van der Waals surface area contributed by atoms with Gasteiger partial charge in [-0.1, -0.05) is 6.07 Å². The Bertz CT molecular complexity index is 691. The fourth-order valence-corrected chi connectivity index (χ4v) is 1.73. The number of halogens is 1. The molecule has 1 aromatic carbocycles. The minimum Gasteiger partial charge on any atom is -0.478 e. The van der Waals surface area contributed by atoms with E-state index in [0.29, 0.717) is 0 Å². The van der Waals surface area contributed by atoms with Gasteiger partial charge in [0.1, 0.15) is 5.82 Å². The summed E-state index contributed by atoms with van der Waals surface area (Å²) in [4.78, 5) is 22.4. The lowest BCUT2D eigenvalue weighted by Crippen LogP contribution is -2.19. The van der Waals surface area contributed by atoms with E-state index in [-0.39, 0.29) is 23.2 Å². The molecule has 1 N–H and O–H groups in total. The van der Waals surface area contributed by atoms with Crippen molar-refractivity contribution in [2.45, 2.75) is 13.5 Å². The molecule has 0 spiro atoms. The van der Waals surface area contributed by atoms with Crippen LogP contribution in [-0.2, 0) is 6.54 Å². The number of aromatic nitrogens is 1. The van der Waals surface area contributed by atoms with Crippen LogP contribution >= 0.6 is 0 Å². The topological polar surface area (TPSA) is 59.3 Å². The largest absolute Gasteiger partial charge is 0.478 e. The molecular weight excluding hydrogens is 249 g/mol. The van der Waals surface area contributed by atoms with E-state index in [1.54, 1.807) is 19.2 Å². The molecule has 19 heavy (non-hydrogen) atoms. The maximum absolute atomic E-state index is 13.7. The molecule has 0 atom stereocenters. The lowest BCUT2D eigenvalue weighted by molar-refractivity contribution is 0.0696. The first kappa shape index (κ1) is 13.0. The smallest absolute Gasteiger partial charge is 0.335 e. The number of aromatic carboxylic acids is 1. The van der Waals surface area contributed by atoms with Gasteiger partial charge in [0, 0.05) is 17.8 Å². The molecule has 0 saturated carbocycles. The third kappa shape index (κ3) is 2.88. The average molecular weight is 261 g/mol. The van der Waals surface area contributed by atoms with Gasteiger partial charge in [0.05, 0.1) is 12.1 Å². The van der Waals surface area contributed by atoms with E-state index in [0.717, 1.165) is 11.6 Å². The van der Waals surface area contributed by atoms with Gasteiger partial charge in [0.25, 0.3) is 5.56 Å². The number of pyridine rings is 1. The zero-order valence-corrected chi connectivity index (χ0v) is 10.3. The van der Waals surface area contributed by atoms with Gasteiger partial charge in [-0.3, -0.25) is 4.79 Å². The molecule has 1 heterocycles. The quantitative estimate of drug-likeness (QED) is 0.919. The standard InChI is InChI=1S/C14H12FNO3/c1-9-4-5-16(13(17)6-9)8-11-3-2-10(14(18)19)7-12(11)15/h2-7H,8H2,1H3,(H,18,19). The van der Waals surface area contributed by atoms with E-state index in [1.165, 1.54) is 22.8 Å². The van der Waals surface area contributed by atoms with Crippen LogP contribution in [0.5, 0.6) is 0 Å². The van der Waals surface area contributed by atoms with Crippen LogP contribution in [0.25, 0.3) is 0 Å². The SMILES string of the molecule is Cc1ccn(Cc2ccc(C(=O)O)cc2F)c(=O)c1. The number of carboxylic acid groups (broad SMARTS) is 1. The number of benzene rings is 1. The van der Waals surface area contributed by atoms with Gasteiger partial charge >= 0.3 is 5.97 Å². The first-order chi connectivity index (χ1) is 8.97. The number of aryl methyl sites for hydroxylation is 1. The Morgan fingerprint density at radius 1 is 1.32 bits per heavy atom. The monoisotopic (exact) mass is 261 g/mol. The highest BCUT2D eigenvalue weighted by molar-refractivity contribution is 5.87. The van der Waals surface area contributed by atoms with E-state index >= 15 is 0 Å².